The predicted molar refractivity (Wildman–Crippen MR) is 120 cm³/mol. The van der Waals surface area contributed by atoms with E-state index in [0.29, 0.717) is 34.9 Å². The molecule has 0 spiro atoms. The highest BCUT2D eigenvalue weighted by atomic mass is 35.5. The summed E-state index contributed by atoms with van der Waals surface area (Å²) in [4.78, 5) is 10.7. The topological polar surface area (TPSA) is 92.7 Å². The van der Waals surface area contributed by atoms with E-state index in [1.165, 1.54) is 6.07 Å². The number of anilines is 1. The number of aliphatic carboxylic acids is 1. The Labute approximate surface area is 187 Å². The summed E-state index contributed by atoms with van der Waals surface area (Å²) >= 11 is 6.05. The number of nitrogens with one attached hydrogen (secondary N) is 1. The Morgan fingerprint density at radius 3 is 2.77 bits per heavy atom. The fourth-order valence-corrected chi connectivity index (χ4v) is 4.50. The van der Waals surface area contributed by atoms with E-state index in [-0.39, 0.29) is 16.9 Å². The molecule has 0 aliphatic carbocycles. The van der Waals surface area contributed by atoms with Gasteiger partial charge in [0.05, 0.1) is 16.1 Å². The number of carbonyl (C=O) groups is 1. The first kappa shape index (κ1) is 23.0. The number of hydrogen-bond donors (Lipinski definition) is 2. The van der Waals surface area contributed by atoms with Gasteiger partial charge in [-0.25, -0.2) is 8.42 Å². The van der Waals surface area contributed by atoms with Crippen LogP contribution in [0.15, 0.2) is 41.3 Å². The lowest BCUT2D eigenvalue weighted by Crippen LogP contribution is -2.32. The second-order valence-corrected chi connectivity index (χ2v) is 10.1. The first-order chi connectivity index (χ1) is 14.6. The van der Waals surface area contributed by atoms with E-state index in [0.717, 1.165) is 18.4 Å². The van der Waals surface area contributed by atoms with Crippen LogP contribution in [0.25, 0.3) is 0 Å². The lowest BCUT2D eigenvalue weighted by Gasteiger charge is -2.32. The number of carboxylic acids is 1. The first-order valence-corrected chi connectivity index (χ1v) is 11.8. The number of halogens is 1. The summed E-state index contributed by atoms with van der Waals surface area (Å²) in [6.07, 6.45) is 2.36. The molecule has 0 bridgehead atoms. The molecule has 3 rings (SSSR count). The van der Waals surface area contributed by atoms with E-state index in [2.05, 4.69) is 16.6 Å². The number of benzene rings is 2. The number of unbranched alkanes of at least 4 members (excludes halogenated alkanes) is 1. The molecule has 1 heterocycles. The van der Waals surface area contributed by atoms with E-state index in [1.807, 2.05) is 13.8 Å². The molecule has 0 aromatic heterocycles. The summed E-state index contributed by atoms with van der Waals surface area (Å²) in [6.45, 7) is 4.01. The highest BCUT2D eigenvalue weighted by molar-refractivity contribution is 7.92. The average molecular weight is 462 g/mol. The van der Waals surface area contributed by atoms with Gasteiger partial charge >= 0.3 is 5.97 Å². The fraction of sp³-hybridized carbons (Fsp3) is 0.348. The van der Waals surface area contributed by atoms with Gasteiger partial charge in [0.25, 0.3) is 10.0 Å². The summed E-state index contributed by atoms with van der Waals surface area (Å²) in [5.41, 5.74) is 1.32. The van der Waals surface area contributed by atoms with Crippen molar-refractivity contribution in [2.75, 3.05) is 4.72 Å². The molecule has 0 fully saturated rings. The summed E-state index contributed by atoms with van der Waals surface area (Å²) < 4.78 is 34.5. The third-order valence-electron chi connectivity index (χ3n) is 4.87. The molecular weight excluding hydrogens is 438 g/mol. The molecular formula is C23H24ClNO5S. The number of carboxylic acid groups (broad SMARTS) is 1. The van der Waals surface area contributed by atoms with Crippen LogP contribution < -0.4 is 9.46 Å². The maximum Gasteiger partial charge on any atom is 0.303 e. The maximum absolute atomic E-state index is 13.0. The van der Waals surface area contributed by atoms with Gasteiger partial charge in [-0.1, -0.05) is 23.4 Å². The molecule has 0 saturated carbocycles. The van der Waals surface area contributed by atoms with Crippen molar-refractivity contribution < 1.29 is 23.1 Å². The monoisotopic (exact) mass is 461 g/mol. The standard InChI is InChI=1S/C23H24ClNO5S/c1-23(2)13-12-17-15-19(9-11-21(17)30-23)31(28,29)25-20-10-8-18(24)14-16(20)6-4-3-5-7-22(26)27/h8-11,14-15,25H,3,5,7,12-13H2,1-2H3,(H,26,27). The van der Waals surface area contributed by atoms with Gasteiger partial charge in [0.1, 0.15) is 11.4 Å². The SMILES string of the molecule is CC1(C)CCc2cc(S(=O)(=O)Nc3ccc(Cl)cc3C#CCCCC(=O)O)ccc2O1. The van der Waals surface area contributed by atoms with E-state index in [9.17, 15) is 13.2 Å². The quantitative estimate of drug-likeness (QED) is 0.473. The Morgan fingerprint density at radius 2 is 2.03 bits per heavy atom. The molecule has 1 aliphatic heterocycles. The molecule has 0 amide bonds. The molecule has 164 valence electrons. The third-order valence-corrected chi connectivity index (χ3v) is 6.46. The fourth-order valence-electron chi connectivity index (χ4n) is 3.20. The molecule has 2 N–H and O–H groups in total. The number of ether oxygens (including phenoxy) is 1. The molecule has 2 aromatic carbocycles. The van der Waals surface area contributed by atoms with Gasteiger partial charge in [-0.2, -0.15) is 0 Å². The van der Waals surface area contributed by atoms with Crippen molar-refractivity contribution in [1.82, 2.24) is 0 Å². The molecule has 0 unspecified atom stereocenters. The van der Waals surface area contributed by atoms with Crippen LogP contribution in [-0.4, -0.2) is 25.1 Å². The second-order valence-electron chi connectivity index (χ2n) is 7.98. The van der Waals surface area contributed by atoms with E-state index < -0.39 is 16.0 Å². The van der Waals surface area contributed by atoms with Crippen molar-refractivity contribution in [1.29, 1.82) is 0 Å². The molecule has 1 aliphatic rings. The van der Waals surface area contributed by atoms with Crippen molar-refractivity contribution in [3.63, 3.8) is 0 Å². The number of sulfonamides is 1. The summed E-state index contributed by atoms with van der Waals surface area (Å²) in [5, 5.41) is 9.12. The maximum atomic E-state index is 13.0. The predicted octanol–water partition coefficient (Wildman–Crippen LogP) is 4.85. The molecule has 31 heavy (non-hydrogen) atoms. The van der Waals surface area contributed by atoms with Crippen molar-refractivity contribution >= 4 is 33.3 Å². The third kappa shape index (κ3) is 6.16. The summed E-state index contributed by atoms with van der Waals surface area (Å²) in [6, 6.07) is 9.57. The van der Waals surface area contributed by atoms with Crippen LogP contribution >= 0.6 is 11.6 Å². The van der Waals surface area contributed by atoms with Crippen LogP contribution in [-0.2, 0) is 21.2 Å². The minimum atomic E-state index is -3.85. The van der Waals surface area contributed by atoms with Gasteiger partial charge in [-0.3, -0.25) is 9.52 Å². The van der Waals surface area contributed by atoms with Crippen molar-refractivity contribution in [2.45, 2.75) is 56.4 Å². The number of aryl methyl sites for hydroxylation is 1. The van der Waals surface area contributed by atoms with Gasteiger partial charge in [0, 0.05) is 17.9 Å². The van der Waals surface area contributed by atoms with Crippen molar-refractivity contribution in [2.24, 2.45) is 0 Å². The minimum Gasteiger partial charge on any atom is -0.488 e. The Morgan fingerprint density at radius 1 is 1.26 bits per heavy atom. The lowest BCUT2D eigenvalue weighted by molar-refractivity contribution is -0.137. The van der Waals surface area contributed by atoms with E-state index in [1.54, 1.807) is 30.3 Å². The highest BCUT2D eigenvalue weighted by Crippen LogP contribution is 2.34. The van der Waals surface area contributed by atoms with E-state index >= 15 is 0 Å². The Bertz CT molecular complexity index is 1160. The van der Waals surface area contributed by atoms with Crippen LogP contribution in [0.1, 0.15) is 50.7 Å². The van der Waals surface area contributed by atoms with Gasteiger partial charge in [0.15, 0.2) is 0 Å². The molecule has 0 radical (unpaired) electrons. The summed E-state index contributed by atoms with van der Waals surface area (Å²) in [5.74, 6) is 5.59. The minimum absolute atomic E-state index is 0.0307. The first-order valence-electron chi connectivity index (χ1n) is 9.91. The zero-order valence-corrected chi connectivity index (χ0v) is 18.9. The zero-order chi connectivity index (χ0) is 22.6. The van der Waals surface area contributed by atoms with Gasteiger partial charge in [-0.15, -0.1) is 0 Å². The van der Waals surface area contributed by atoms with Crippen LogP contribution in [0.3, 0.4) is 0 Å². The van der Waals surface area contributed by atoms with Gasteiger partial charge in [-0.05, 0) is 75.1 Å². The van der Waals surface area contributed by atoms with Crippen molar-refractivity contribution in [3.8, 4) is 17.6 Å². The second kappa shape index (κ2) is 9.21. The Kier molecular flexibility index (Phi) is 6.83. The molecule has 0 saturated heterocycles. The van der Waals surface area contributed by atoms with Crippen molar-refractivity contribution in [3.05, 3.63) is 52.5 Å². The Hall–Kier alpha value is -2.69. The largest absolute Gasteiger partial charge is 0.488 e. The van der Waals surface area contributed by atoms with E-state index in [4.69, 9.17) is 21.4 Å². The van der Waals surface area contributed by atoms with Crippen LogP contribution in [0.2, 0.25) is 5.02 Å². The average Bonchev–Trinajstić information content (AvgIpc) is 2.68. The highest BCUT2D eigenvalue weighted by Gasteiger charge is 2.28. The number of hydrogen-bond acceptors (Lipinski definition) is 4. The summed E-state index contributed by atoms with van der Waals surface area (Å²) in [7, 11) is -3.85. The van der Waals surface area contributed by atoms with Crippen LogP contribution in [0.5, 0.6) is 5.75 Å². The zero-order valence-electron chi connectivity index (χ0n) is 17.4. The number of rotatable bonds is 6. The normalized spacial score (nSPS) is 14.5. The molecule has 8 heteroatoms. The lowest BCUT2D eigenvalue weighted by atomic mass is 9.94. The van der Waals surface area contributed by atoms with Gasteiger partial charge in [0.2, 0.25) is 0 Å². The van der Waals surface area contributed by atoms with Crippen LogP contribution in [0.4, 0.5) is 5.69 Å². The van der Waals surface area contributed by atoms with Gasteiger partial charge < -0.3 is 9.84 Å². The molecule has 0 atom stereocenters. The number of fused-ring (bicyclic) bond motifs is 1. The molecule has 2 aromatic rings. The molecule has 6 nitrogen and oxygen atoms in total. The Balaban J connectivity index is 1.82. The smallest absolute Gasteiger partial charge is 0.303 e. The van der Waals surface area contributed by atoms with Crippen LogP contribution in [0, 0.1) is 11.8 Å².